The Balaban J connectivity index is 2.02. The minimum absolute atomic E-state index is 0.574. The van der Waals surface area contributed by atoms with Crippen molar-refractivity contribution >= 4 is 5.69 Å². The molecular weight excluding hydrogens is 248 g/mol. The summed E-state index contributed by atoms with van der Waals surface area (Å²) in [7, 11) is 0. The minimum atomic E-state index is 0.574. The molecule has 112 valence electrons. The normalized spacial score (nSPS) is 22.8. The van der Waals surface area contributed by atoms with Gasteiger partial charge in [0.2, 0.25) is 0 Å². The summed E-state index contributed by atoms with van der Waals surface area (Å²) in [6, 6.07) is 9.43. The molecule has 2 rings (SSSR count). The second kappa shape index (κ2) is 7.65. The van der Waals surface area contributed by atoms with Crippen LogP contribution in [0.4, 0.5) is 5.69 Å². The summed E-state index contributed by atoms with van der Waals surface area (Å²) >= 11 is 0. The molecule has 1 aromatic carbocycles. The molecule has 0 bridgehead atoms. The van der Waals surface area contributed by atoms with Crippen molar-refractivity contribution in [3.63, 3.8) is 0 Å². The molecule has 0 spiro atoms. The van der Waals surface area contributed by atoms with Gasteiger partial charge in [-0.2, -0.15) is 0 Å². The lowest BCUT2D eigenvalue weighted by Gasteiger charge is -2.36. The van der Waals surface area contributed by atoms with E-state index in [0.717, 1.165) is 39.3 Å². The van der Waals surface area contributed by atoms with Crippen LogP contribution in [0, 0.1) is 12.8 Å². The van der Waals surface area contributed by atoms with Gasteiger partial charge in [0.1, 0.15) is 0 Å². The van der Waals surface area contributed by atoms with Gasteiger partial charge in [0.15, 0.2) is 0 Å². The number of anilines is 1. The minimum Gasteiger partial charge on any atom is -0.381 e. The number of ether oxygens (including phenoxy) is 1. The van der Waals surface area contributed by atoms with E-state index >= 15 is 0 Å². The van der Waals surface area contributed by atoms with Crippen molar-refractivity contribution in [2.75, 3.05) is 37.7 Å². The molecule has 2 atom stereocenters. The Morgan fingerprint density at radius 2 is 2.00 bits per heavy atom. The summed E-state index contributed by atoms with van der Waals surface area (Å²) in [5.41, 5.74) is 2.63. The molecule has 1 heterocycles. The highest BCUT2D eigenvalue weighted by molar-refractivity contribution is 5.47. The SMILES string of the molecule is CCNC1CCOCC1CN(CC)c1ccc(C)cc1. The molecule has 0 saturated carbocycles. The van der Waals surface area contributed by atoms with Gasteiger partial charge >= 0.3 is 0 Å². The number of hydrogen-bond donors (Lipinski definition) is 1. The largest absolute Gasteiger partial charge is 0.381 e. The average Bonchev–Trinajstić information content (AvgIpc) is 2.48. The van der Waals surface area contributed by atoms with E-state index in [4.69, 9.17) is 4.74 Å². The van der Waals surface area contributed by atoms with Crippen LogP contribution in [0.2, 0.25) is 0 Å². The van der Waals surface area contributed by atoms with E-state index in [-0.39, 0.29) is 0 Å². The molecule has 3 nitrogen and oxygen atoms in total. The first-order chi connectivity index (χ1) is 9.74. The molecule has 3 heteroatoms. The van der Waals surface area contributed by atoms with E-state index in [9.17, 15) is 0 Å². The van der Waals surface area contributed by atoms with Crippen molar-refractivity contribution in [1.29, 1.82) is 0 Å². The molecule has 2 unspecified atom stereocenters. The summed E-state index contributed by atoms with van der Waals surface area (Å²) in [6.45, 7) is 11.5. The van der Waals surface area contributed by atoms with Gasteiger partial charge in [-0.3, -0.25) is 0 Å². The van der Waals surface area contributed by atoms with Gasteiger partial charge in [0.25, 0.3) is 0 Å². The molecule has 0 aromatic heterocycles. The van der Waals surface area contributed by atoms with Crippen LogP contribution in [0.3, 0.4) is 0 Å². The molecule has 20 heavy (non-hydrogen) atoms. The lowest BCUT2D eigenvalue weighted by atomic mass is 9.94. The number of nitrogens with zero attached hydrogens (tertiary/aromatic N) is 1. The smallest absolute Gasteiger partial charge is 0.0526 e. The van der Waals surface area contributed by atoms with Crippen LogP contribution in [-0.2, 0) is 4.74 Å². The first-order valence-corrected chi connectivity index (χ1v) is 7.87. The predicted octanol–water partition coefficient (Wildman–Crippen LogP) is 2.84. The van der Waals surface area contributed by atoms with Gasteiger partial charge in [-0.25, -0.2) is 0 Å². The average molecular weight is 276 g/mol. The van der Waals surface area contributed by atoms with Crippen molar-refractivity contribution in [2.45, 2.75) is 33.2 Å². The van der Waals surface area contributed by atoms with E-state index in [1.165, 1.54) is 11.3 Å². The van der Waals surface area contributed by atoms with Gasteiger partial charge in [-0.15, -0.1) is 0 Å². The monoisotopic (exact) mass is 276 g/mol. The lowest BCUT2D eigenvalue weighted by Crippen LogP contribution is -2.47. The van der Waals surface area contributed by atoms with Gasteiger partial charge in [0.05, 0.1) is 6.61 Å². The molecule has 1 aromatic rings. The van der Waals surface area contributed by atoms with Crippen molar-refractivity contribution in [3.05, 3.63) is 29.8 Å². The Labute approximate surface area is 123 Å². The Morgan fingerprint density at radius 1 is 1.25 bits per heavy atom. The van der Waals surface area contributed by atoms with Crippen LogP contribution in [0.5, 0.6) is 0 Å². The zero-order valence-electron chi connectivity index (χ0n) is 13.1. The highest BCUT2D eigenvalue weighted by Crippen LogP contribution is 2.21. The fourth-order valence-corrected chi connectivity index (χ4v) is 2.96. The maximum Gasteiger partial charge on any atom is 0.0526 e. The van der Waals surface area contributed by atoms with E-state index < -0.39 is 0 Å². The number of benzene rings is 1. The lowest BCUT2D eigenvalue weighted by molar-refractivity contribution is 0.0352. The van der Waals surface area contributed by atoms with Crippen LogP contribution in [-0.4, -0.2) is 38.9 Å². The molecule has 1 saturated heterocycles. The number of aryl methyl sites for hydroxylation is 1. The fourth-order valence-electron chi connectivity index (χ4n) is 2.96. The second-order valence-corrected chi connectivity index (χ2v) is 5.66. The Hall–Kier alpha value is -1.06. The van der Waals surface area contributed by atoms with Crippen molar-refractivity contribution < 1.29 is 4.74 Å². The van der Waals surface area contributed by atoms with E-state index in [2.05, 4.69) is 55.3 Å². The number of hydrogen-bond acceptors (Lipinski definition) is 3. The number of rotatable bonds is 6. The van der Waals surface area contributed by atoms with Gasteiger partial charge in [0, 0.05) is 37.3 Å². The van der Waals surface area contributed by atoms with Crippen molar-refractivity contribution in [2.24, 2.45) is 5.92 Å². The fraction of sp³-hybridized carbons (Fsp3) is 0.647. The molecule has 1 aliphatic rings. The Morgan fingerprint density at radius 3 is 2.65 bits per heavy atom. The second-order valence-electron chi connectivity index (χ2n) is 5.66. The summed E-state index contributed by atoms with van der Waals surface area (Å²) < 4.78 is 5.69. The summed E-state index contributed by atoms with van der Waals surface area (Å²) in [5.74, 6) is 0.574. The maximum absolute atomic E-state index is 5.69. The maximum atomic E-state index is 5.69. The topological polar surface area (TPSA) is 24.5 Å². The molecule has 0 amide bonds. The van der Waals surface area contributed by atoms with E-state index in [1.54, 1.807) is 0 Å². The molecule has 1 N–H and O–H groups in total. The van der Waals surface area contributed by atoms with Crippen LogP contribution in [0.1, 0.15) is 25.8 Å². The van der Waals surface area contributed by atoms with Crippen LogP contribution < -0.4 is 10.2 Å². The third-order valence-corrected chi connectivity index (χ3v) is 4.18. The molecule has 0 radical (unpaired) electrons. The number of nitrogens with one attached hydrogen (secondary N) is 1. The van der Waals surface area contributed by atoms with Crippen LogP contribution >= 0.6 is 0 Å². The zero-order chi connectivity index (χ0) is 14.4. The first kappa shape index (κ1) is 15.3. The highest BCUT2D eigenvalue weighted by atomic mass is 16.5. The molecular formula is C17H28N2O. The third kappa shape index (κ3) is 3.97. The quantitative estimate of drug-likeness (QED) is 0.864. The third-order valence-electron chi connectivity index (χ3n) is 4.18. The Kier molecular flexibility index (Phi) is 5.86. The van der Waals surface area contributed by atoms with Crippen molar-refractivity contribution in [1.82, 2.24) is 5.32 Å². The molecule has 1 fully saturated rings. The summed E-state index contributed by atoms with van der Waals surface area (Å²) in [6.07, 6.45) is 1.13. The van der Waals surface area contributed by atoms with Crippen LogP contribution in [0.15, 0.2) is 24.3 Å². The van der Waals surface area contributed by atoms with E-state index in [1.807, 2.05) is 0 Å². The highest BCUT2D eigenvalue weighted by Gasteiger charge is 2.26. The van der Waals surface area contributed by atoms with Crippen LogP contribution in [0.25, 0.3) is 0 Å². The standard InChI is InChI=1S/C17H28N2O/c1-4-18-17-10-11-20-13-15(17)12-19(5-2)16-8-6-14(3)7-9-16/h6-9,15,17-18H,4-5,10-13H2,1-3H3. The molecule has 1 aliphatic heterocycles. The summed E-state index contributed by atoms with van der Waals surface area (Å²) in [4.78, 5) is 2.46. The summed E-state index contributed by atoms with van der Waals surface area (Å²) in [5, 5.41) is 3.62. The van der Waals surface area contributed by atoms with Crippen molar-refractivity contribution in [3.8, 4) is 0 Å². The van der Waals surface area contributed by atoms with Gasteiger partial charge < -0.3 is 15.0 Å². The Bertz CT molecular complexity index is 388. The van der Waals surface area contributed by atoms with E-state index in [0.29, 0.717) is 12.0 Å². The first-order valence-electron chi connectivity index (χ1n) is 7.87. The van der Waals surface area contributed by atoms with Gasteiger partial charge in [-0.1, -0.05) is 24.6 Å². The van der Waals surface area contributed by atoms with Gasteiger partial charge in [-0.05, 0) is 38.9 Å². The zero-order valence-corrected chi connectivity index (χ0v) is 13.1. The predicted molar refractivity (Wildman–Crippen MR) is 85.5 cm³/mol. The molecule has 0 aliphatic carbocycles.